The van der Waals surface area contributed by atoms with Crippen molar-refractivity contribution in [2.75, 3.05) is 39.4 Å². The first-order valence-corrected chi connectivity index (χ1v) is 13.2. The Morgan fingerprint density at radius 3 is 1.92 bits per heavy atom. The maximum absolute atomic E-state index is 13.6. The highest BCUT2D eigenvalue weighted by Crippen LogP contribution is 2.37. The first-order valence-electron chi connectivity index (χ1n) is 12.5. The predicted molar refractivity (Wildman–Crippen MR) is 154 cm³/mol. The SMILES string of the molecule is CCOC(=O)COc1ccc(C(=O)c2cc(CN3CCCC3)c(O)c(CN3CCCC3)c2)c(Cl)c1Cl.Cl.Cl. The van der Waals surface area contributed by atoms with Gasteiger partial charge in [-0.3, -0.25) is 14.6 Å². The first-order chi connectivity index (χ1) is 17.4. The van der Waals surface area contributed by atoms with E-state index in [1.807, 2.05) is 0 Å². The number of aromatic hydroxyl groups is 1. The largest absolute Gasteiger partial charge is 0.507 e. The van der Waals surface area contributed by atoms with Crippen LogP contribution >= 0.6 is 48.0 Å². The zero-order valence-corrected chi connectivity index (χ0v) is 24.5. The van der Waals surface area contributed by atoms with E-state index in [0.29, 0.717) is 18.7 Å². The van der Waals surface area contributed by atoms with Gasteiger partial charge in [0.25, 0.3) is 0 Å². The molecule has 2 aliphatic heterocycles. The summed E-state index contributed by atoms with van der Waals surface area (Å²) in [5.74, 6) is -0.354. The average molecular weight is 608 g/mol. The fourth-order valence-corrected chi connectivity index (χ4v) is 5.27. The van der Waals surface area contributed by atoms with Crippen LogP contribution < -0.4 is 4.74 Å². The number of likely N-dealkylation sites (tertiary alicyclic amines) is 2. The van der Waals surface area contributed by atoms with Gasteiger partial charge in [0, 0.05) is 35.3 Å². The highest BCUT2D eigenvalue weighted by atomic mass is 35.5. The molecule has 2 fully saturated rings. The van der Waals surface area contributed by atoms with Crippen LogP contribution in [0.15, 0.2) is 24.3 Å². The molecule has 38 heavy (non-hydrogen) atoms. The molecule has 2 saturated heterocycles. The van der Waals surface area contributed by atoms with E-state index in [9.17, 15) is 14.7 Å². The maximum Gasteiger partial charge on any atom is 0.344 e. The lowest BCUT2D eigenvalue weighted by Crippen LogP contribution is -2.21. The quantitative estimate of drug-likeness (QED) is 0.266. The molecule has 2 heterocycles. The van der Waals surface area contributed by atoms with Crippen LogP contribution in [0.1, 0.15) is 59.7 Å². The number of phenols is 1. The molecule has 0 saturated carbocycles. The Morgan fingerprint density at radius 1 is 0.895 bits per heavy atom. The topological polar surface area (TPSA) is 79.3 Å². The van der Waals surface area contributed by atoms with Crippen molar-refractivity contribution in [1.82, 2.24) is 9.80 Å². The smallest absolute Gasteiger partial charge is 0.344 e. The molecule has 0 spiro atoms. The summed E-state index contributed by atoms with van der Waals surface area (Å²) in [5.41, 5.74) is 2.17. The second-order valence-corrected chi connectivity index (χ2v) is 10.0. The molecule has 0 atom stereocenters. The van der Waals surface area contributed by atoms with E-state index >= 15 is 0 Å². The third-order valence-electron chi connectivity index (χ3n) is 6.66. The number of ether oxygens (including phenoxy) is 2. The molecule has 0 aromatic heterocycles. The number of halogens is 4. The molecular weight excluding hydrogens is 574 g/mol. The molecule has 0 aliphatic carbocycles. The molecule has 0 unspecified atom stereocenters. The van der Waals surface area contributed by atoms with Crippen LogP contribution in [0, 0.1) is 0 Å². The Kier molecular flexibility index (Phi) is 12.9. The minimum absolute atomic E-state index is 0. The number of carbonyl (C=O) groups excluding carboxylic acids is 2. The van der Waals surface area contributed by atoms with Gasteiger partial charge in [0.05, 0.1) is 11.6 Å². The zero-order chi connectivity index (χ0) is 25.7. The molecule has 4 rings (SSSR count). The maximum atomic E-state index is 13.6. The molecule has 2 aromatic rings. The van der Waals surface area contributed by atoms with Crippen LogP contribution in [0.25, 0.3) is 0 Å². The second-order valence-electron chi connectivity index (χ2n) is 9.27. The van der Waals surface area contributed by atoms with Crippen LogP contribution in [-0.4, -0.2) is 66.1 Å². The van der Waals surface area contributed by atoms with E-state index in [1.165, 1.54) is 6.07 Å². The van der Waals surface area contributed by atoms with E-state index < -0.39 is 5.97 Å². The normalized spacial score (nSPS) is 15.6. The van der Waals surface area contributed by atoms with Crippen molar-refractivity contribution in [2.45, 2.75) is 45.7 Å². The van der Waals surface area contributed by atoms with Gasteiger partial charge in [-0.2, -0.15) is 0 Å². The number of rotatable bonds is 10. The summed E-state index contributed by atoms with van der Waals surface area (Å²) in [6.07, 6.45) is 4.55. The Balaban J connectivity index is 0.00000253. The lowest BCUT2D eigenvalue weighted by molar-refractivity contribution is -0.145. The van der Waals surface area contributed by atoms with Gasteiger partial charge in [-0.1, -0.05) is 23.2 Å². The van der Waals surface area contributed by atoms with E-state index in [0.717, 1.165) is 63.0 Å². The van der Waals surface area contributed by atoms with Crippen molar-refractivity contribution >= 4 is 59.8 Å². The van der Waals surface area contributed by atoms with E-state index in [2.05, 4.69) is 9.80 Å². The molecule has 0 radical (unpaired) electrons. The lowest BCUT2D eigenvalue weighted by atomic mass is 9.96. The number of esters is 1. The first kappa shape index (κ1) is 32.5. The fraction of sp³-hybridized carbons (Fsp3) is 0.481. The Morgan fingerprint density at radius 2 is 1.42 bits per heavy atom. The molecule has 1 N–H and O–H groups in total. The van der Waals surface area contributed by atoms with E-state index in [-0.39, 0.29) is 70.9 Å². The molecule has 7 nitrogen and oxygen atoms in total. The summed E-state index contributed by atoms with van der Waals surface area (Å²) in [6, 6.07) is 6.60. The molecule has 0 bridgehead atoms. The molecule has 2 aromatic carbocycles. The van der Waals surface area contributed by atoms with E-state index in [1.54, 1.807) is 25.1 Å². The van der Waals surface area contributed by atoms with Crippen molar-refractivity contribution in [3.63, 3.8) is 0 Å². The van der Waals surface area contributed by atoms with E-state index in [4.69, 9.17) is 32.7 Å². The predicted octanol–water partition coefficient (Wildman–Crippen LogP) is 5.91. The molecule has 11 heteroatoms. The molecule has 0 amide bonds. The highest BCUT2D eigenvalue weighted by molar-refractivity contribution is 6.45. The summed E-state index contributed by atoms with van der Waals surface area (Å²) in [6.45, 7) is 6.75. The number of benzene rings is 2. The second kappa shape index (κ2) is 15.2. The zero-order valence-electron chi connectivity index (χ0n) is 21.3. The average Bonchev–Trinajstić information content (AvgIpc) is 3.57. The van der Waals surface area contributed by atoms with Crippen LogP contribution in [0.5, 0.6) is 11.5 Å². The van der Waals surface area contributed by atoms with Crippen molar-refractivity contribution in [2.24, 2.45) is 0 Å². The molecule has 210 valence electrons. The van der Waals surface area contributed by atoms with Crippen molar-refractivity contribution in [3.05, 3.63) is 56.6 Å². The monoisotopic (exact) mass is 606 g/mol. The number of phenolic OH excluding ortho intramolecular Hbond substituents is 1. The summed E-state index contributed by atoms with van der Waals surface area (Å²) in [5, 5.41) is 11.2. The Hall–Kier alpha value is -1.74. The number of hydrogen-bond acceptors (Lipinski definition) is 7. The van der Waals surface area contributed by atoms with Crippen molar-refractivity contribution < 1.29 is 24.2 Å². The third kappa shape index (κ3) is 7.90. The summed E-state index contributed by atoms with van der Waals surface area (Å²) in [4.78, 5) is 29.8. The lowest BCUT2D eigenvalue weighted by Gasteiger charge is -2.21. The van der Waals surface area contributed by atoms with Crippen LogP contribution in [0.3, 0.4) is 0 Å². The number of ketones is 1. The van der Waals surface area contributed by atoms with Gasteiger partial charge in [-0.25, -0.2) is 4.79 Å². The van der Waals surface area contributed by atoms with Gasteiger partial charge in [-0.05, 0) is 83.1 Å². The van der Waals surface area contributed by atoms with Crippen LogP contribution in [0.2, 0.25) is 10.0 Å². The summed E-state index contributed by atoms with van der Waals surface area (Å²) in [7, 11) is 0. The van der Waals surface area contributed by atoms with Gasteiger partial charge >= 0.3 is 5.97 Å². The third-order valence-corrected chi connectivity index (χ3v) is 7.52. The Bertz CT molecular complexity index is 1080. The van der Waals surface area contributed by atoms with Gasteiger partial charge < -0.3 is 14.6 Å². The van der Waals surface area contributed by atoms with Crippen LogP contribution in [-0.2, 0) is 22.6 Å². The van der Waals surface area contributed by atoms with Crippen LogP contribution in [0.4, 0.5) is 0 Å². The minimum Gasteiger partial charge on any atom is -0.507 e. The number of carbonyl (C=O) groups is 2. The van der Waals surface area contributed by atoms with Gasteiger partial charge in [0.15, 0.2) is 12.4 Å². The number of hydrogen-bond donors (Lipinski definition) is 1. The molecule has 2 aliphatic rings. The number of nitrogens with zero attached hydrogens (tertiary/aromatic N) is 2. The molecular formula is C27H34Cl4N2O5. The Labute approximate surface area is 246 Å². The van der Waals surface area contributed by atoms with Crippen molar-refractivity contribution in [1.29, 1.82) is 0 Å². The highest BCUT2D eigenvalue weighted by Gasteiger charge is 2.24. The van der Waals surface area contributed by atoms with Gasteiger partial charge in [-0.15, -0.1) is 24.8 Å². The summed E-state index contributed by atoms with van der Waals surface area (Å²) < 4.78 is 10.3. The minimum atomic E-state index is -0.523. The standard InChI is InChI=1S/C27H32Cl2N2O5.2ClH/c1-2-35-23(32)17-36-22-8-7-21(24(28)25(22)29)27(34)18-13-19(15-30-9-3-4-10-30)26(33)20(14-18)16-31-11-5-6-12-31;;/h7-8,13-14,33H,2-6,9-12,15-17H2,1H3;2*1H. The fourth-order valence-electron chi connectivity index (χ4n) is 4.81. The van der Waals surface area contributed by atoms with Gasteiger partial charge in [0.1, 0.15) is 16.5 Å². The van der Waals surface area contributed by atoms with Crippen molar-refractivity contribution in [3.8, 4) is 11.5 Å². The van der Waals surface area contributed by atoms with Gasteiger partial charge in [0.2, 0.25) is 0 Å². The summed E-state index contributed by atoms with van der Waals surface area (Å²) >= 11 is 12.9.